The van der Waals surface area contributed by atoms with Gasteiger partial charge in [-0.15, -0.1) is 0 Å². The van der Waals surface area contributed by atoms with Crippen LogP contribution in [-0.2, 0) is 0 Å². The molecular weight excluding hydrogens is 204 g/mol. The highest BCUT2D eigenvalue weighted by atomic mass is 16.5. The van der Waals surface area contributed by atoms with Gasteiger partial charge in [-0.25, -0.2) is 9.50 Å². The fraction of sp³-hybridized carbons (Fsp3) is 0.455. The smallest absolute Gasteiger partial charge is 0.156 e. The van der Waals surface area contributed by atoms with Crippen LogP contribution in [0.15, 0.2) is 24.7 Å². The van der Waals surface area contributed by atoms with E-state index in [0.29, 0.717) is 6.04 Å². The van der Waals surface area contributed by atoms with Gasteiger partial charge in [0.2, 0.25) is 0 Å². The molecule has 5 heteroatoms. The summed E-state index contributed by atoms with van der Waals surface area (Å²) >= 11 is 0. The second kappa shape index (κ2) is 3.75. The van der Waals surface area contributed by atoms with Crippen molar-refractivity contribution in [3.05, 3.63) is 24.7 Å². The highest BCUT2D eigenvalue weighted by molar-refractivity contribution is 5.37. The Kier molecular flexibility index (Phi) is 2.25. The van der Waals surface area contributed by atoms with Crippen molar-refractivity contribution in [2.24, 2.45) is 0 Å². The lowest BCUT2D eigenvalue weighted by molar-refractivity contribution is 0.218. The van der Waals surface area contributed by atoms with E-state index in [4.69, 9.17) is 4.74 Å². The number of hydrogen-bond donors (Lipinski definition) is 1. The molecule has 3 rings (SSSR count). The van der Waals surface area contributed by atoms with E-state index in [1.165, 1.54) is 0 Å². The van der Waals surface area contributed by atoms with Crippen molar-refractivity contribution < 1.29 is 4.74 Å². The summed E-state index contributed by atoms with van der Waals surface area (Å²) < 4.78 is 7.56. The minimum absolute atomic E-state index is 0.241. The standard InChI is InChI=1S/C11H14N4O/c1-8-4-9(5-12-8)16-10-6-13-11-2-3-14-15(11)7-10/h2-3,6-9,12H,4-5H2,1H3/t8-,9+/m0/s1. The topological polar surface area (TPSA) is 51.5 Å². The van der Waals surface area contributed by atoms with Gasteiger partial charge >= 0.3 is 0 Å². The second-order valence-electron chi connectivity index (χ2n) is 4.21. The highest BCUT2D eigenvalue weighted by Crippen LogP contribution is 2.16. The molecule has 0 aliphatic carbocycles. The van der Waals surface area contributed by atoms with Crippen LogP contribution in [0.5, 0.6) is 5.75 Å². The molecule has 1 aliphatic heterocycles. The number of fused-ring (bicyclic) bond motifs is 1. The first-order chi connectivity index (χ1) is 7.81. The van der Waals surface area contributed by atoms with E-state index < -0.39 is 0 Å². The molecule has 0 saturated carbocycles. The average Bonchev–Trinajstić information content (AvgIpc) is 2.87. The number of ether oxygens (including phenoxy) is 1. The molecule has 3 heterocycles. The monoisotopic (exact) mass is 218 g/mol. The maximum absolute atomic E-state index is 5.84. The highest BCUT2D eigenvalue weighted by Gasteiger charge is 2.22. The Morgan fingerprint density at radius 3 is 3.31 bits per heavy atom. The van der Waals surface area contributed by atoms with E-state index >= 15 is 0 Å². The molecule has 1 fully saturated rings. The summed E-state index contributed by atoms with van der Waals surface area (Å²) in [5.74, 6) is 0.775. The molecule has 0 bridgehead atoms. The van der Waals surface area contributed by atoms with Gasteiger partial charge in [-0.2, -0.15) is 5.10 Å². The van der Waals surface area contributed by atoms with Crippen LogP contribution in [-0.4, -0.2) is 33.3 Å². The van der Waals surface area contributed by atoms with Crippen LogP contribution in [0.2, 0.25) is 0 Å². The zero-order valence-corrected chi connectivity index (χ0v) is 9.13. The van der Waals surface area contributed by atoms with Gasteiger partial charge in [0.1, 0.15) is 6.10 Å². The number of nitrogens with zero attached hydrogens (tertiary/aromatic N) is 3. The summed E-state index contributed by atoms with van der Waals surface area (Å²) in [5.41, 5.74) is 0.838. The van der Waals surface area contributed by atoms with E-state index in [1.807, 2.05) is 12.3 Å². The first kappa shape index (κ1) is 9.59. The molecule has 5 nitrogen and oxygen atoms in total. The molecule has 0 spiro atoms. The van der Waals surface area contributed by atoms with Gasteiger partial charge in [0.25, 0.3) is 0 Å². The zero-order chi connectivity index (χ0) is 11.0. The summed E-state index contributed by atoms with van der Waals surface area (Å²) in [6.07, 6.45) is 6.62. The van der Waals surface area contributed by atoms with Gasteiger partial charge in [-0.05, 0) is 6.92 Å². The van der Waals surface area contributed by atoms with Crippen molar-refractivity contribution in [1.82, 2.24) is 19.9 Å². The summed E-state index contributed by atoms with van der Waals surface area (Å²) in [7, 11) is 0. The summed E-state index contributed by atoms with van der Waals surface area (Å²) in [6, 6.07) is 2.40. The average molecular weight is 218 g/mol. The largest absolute Gasteiger partial charge is 0.486 e. The predicted molar refractivity (Wildman–Crippen MR) is 59.5 cm³/mol. The lowest BCUT2D eigenvalue weighted by Gasteiger charge is -2.11. The minimum atomic E-state index is 0.241. The maximum Gasteiger partial charge on any atom is 0.156 e. The van der Waals surface area contributed by atoms with Gasteiger partial charge in [-0.3, -0.25) is 0 Å². The molecule has 0 radical (unpaired) electrons. The molecule has 1 saturated heterocycles. The van der Waals surface area contributed by atoms with Crippen LogP contribution in [0.1, 0.15) is 13.3 Å². The van der Waals surface area contributed by atoms with Crippen molar-refractivity contribution in [2.45, 2.75) is 25.5 Å². The molecule has 16 heavy (non-hydrogen) atoms. The lowest BCUT2D eigenvalue weighted by Crippen LogP contribution is -2.20. The van der Waals surface area contributed by atoms with E-state index in [2.05, 4.69) is 22.3 Å². The number of hydrogen-bond acceptors (Lipinski definition) is 4. The van der Waals surface area contributed by atoms with Crippen LogP contribution < -0.4 is 10.1 Å². The first-order valence-electron chi connectivity index (χ1n) is 5.51. The van der Waals surface area contributed by atoms with Crippen molar-refractivity contribution in [2.75, 3.05) is 6.54 Å². The van der Waals surface area contributed by atoms with E-state index in [9.17, 15) is 0 Å². The lowest BCUT2D eigenvalue weighted by atomic mass is 10.2. The molecule has 0 unspecified atom stereocenters. The minimum Gasteiger partial charge on any atom is -0.486 e. The molecule has 84 valence electrons. The van der Waals surface area contributed by atoms with Gasteiger partial charge < -0.3 is 10.1 Å². The normalized spacial score (nSPS) is 25.1. The van der Waals surface area contributed by atoms with Crippen molar-refractivity contribution in [3.63, 3.8) is 0 Å². The van der Waals surface area contributed by atoms with Crippen molar-refractivity contribution >= 4 is 5.65 Å². The van der Waals surface area contributed by atoms with E-state index in [1.54, 1.807) is 16.9 Å². The predicted octanol–water partition coefficient (Wildman–Crippen LogP) is 0.858. The second-order valence-corrected chi connectivity index (χ2v) is 4.21. The van der Waals surface area contributed by atoms with Crippen LogP contribution in [0.25, 0.3) is 5.65 Å². The Bertz CT molecular complexity index is 495. The van der Waals surface area contributed by atoms with Crippen LogP contribution in [0.3, 0.4) is 0 Å². The Labute approximate surface area is 93.4 Å². The van der Waals surface area contributed by atoms with Crippen LogP contribution in [0.4, 0.5) is 0 Å². The maximum atomic E-state index is 5.84. The Morgan fingerprint density at radius 2 is 2.50 bits per heavy atom. The third kappa shape index (κ3) is 1.74. The Balaban J connectivity index is 1.78. The molecule has 0 amide bonds. The quantitative estimate of drug-likeness (QED) is 0.812. The Hall–Kier alpha value is -1.62. The van der Waals surface area contributed by atoms with Gasteiger partial charge in [0.05, 0.1) is 18.6 Å². The SMILES string of the molecule is C[C@H]1C[C@@H](Oc2cnc3ccnn3c2)CN1. The number of nitrogens with one attached hydrogen (secondary N) is 1. The number of aromatic nitrogens is 3. The first-order valence-corrected chi connectivity index (χ1v) is 5.51. The third-order valence-electron chi connectivity index (χ3n) is 2.84. The molecule has 1 N–H and O–H groups in total. The summed E-state index contributed by atoms with van der Waals surface area (Å²) in [4.78, 5) is 4.26. The Morgan fingerprint density at radius 1 is 1.56 bits per heavy atom. The van der Waals surface area contributed by atoms with Gasteiger partial charge in [-0.1, -0.05) is 0 Å². The van der Waals surface area contributed by atoms with Gasteiger partial charge in [0.15, 0.2) is 11.4 Å². The van der Waals surface area contributed by atoms with Crippen molar-refractivity contribution in [3.8, 4) is 5.75 Å². The molecule has 2 aromatic heterocycles. The number of rotatable bonds is 2. The summed E-state index contributed by atoms with van der Waals surface area (Å²) in [5, 5.41) is 7.48. The van der Waals surface area contributed by atoms with Crippen LogP contribution in [0, 0.1) is 0 Å². The molecular formula is C11H14N4O. The molecule has 2 aromatic rings. The van der Waals surface area contributed by atoms with Crippen molar-refractivity contribution in [1.29, 1.82) is 0 Å². The fourth-order valence-corrected chi connectivity index (χ4v) is 2.03. The van der Waals surface area contributed by atoms with Gasteiger partial charge in [0, 0.05) is 25.1 Å². The summed E-state index contributed by atoms with van der Waals surface area (Å²) in [6.45, 7) is 3.07. The van der Waals surface area contributed by atoms with E-state index in [-0.39, 0.29) is 6.10 Å². The van der Waals surface area contributed by atoms with E-state index in [0.717, 1.165) is 24.4 Å². The zero-order valence-electron chi connectivity index (χ0n) is 9.13. The molecule has 2 atom stereocenters. The molecule has 0 aromatic carbocycles. The molecule has 1 aliphatic rings. The fourth-order valence-electron chi connectivity index (χ4n) is 2.03. The van der Waals surface area contributed by atoms with Crippen LogP contribution >= 0.6 is 0 Å². The third-order valence-corrected chi connectivity index (χ3v) is 2.84.